The predicted molar refractivity (Wildman–Crippen MR) is 59.5 cm³/mol. The largest absolute Gasteiger partial charge is 0.394 e. The lowest BCUT2D eigenvalue weighted by Crippen LogP contribution is -2.52. The van der Waals surface area contributed by atoms with Crippen molar-refractivity contribution in [2.45, 2.75) is 38.1 Å². The molecule has 1 heterocycles. The third kappa shape index (κ3) is 3.56. The summed E-state index contributed by atoms with van der Waals surface area (Å²) in [7, 11) is 1.92. The molecule has 0 saturated carbocycles. The molecule has 1 saturated heterocycles. The Bertz CT molecular complexity index is 149. The van der Waals surface area contributed by atoms with Crippen LogP contribution in [0.2, 0.25) is 0 Å². The van der Waals surface area contributed by atoms with E-state index in [2.05, 4.69) is 17.1 Å². The molecule has 0 radical (unpaired) electrons. The normalized spacial score (nSPS) is 24.2. The standard InChI is InChI=1S/C11H24N2O/c1-11(10-14,12-2)9-13-7-5-3-4-6-8-13/h12,14H,3-10H2,1-2H3. The van der Waals surface area contributed by atoms with Crippen LogP contribution >= 0.6 is 0 Å². The van der Waals surface area contributed by atoms with Crippen LogP contribution in [0.5, 0.6) is 0 Å². The molecule has 3 nitrogen and oxygen atoms in total. The van der Waals surface area contributed by atoms with Gasteiger partial charge in [0.1, 0.15) is 0 Å². The summed E-state index contributed by atoms with van der Waals surface area (Å²) in [5.74, 6) is 0. The van der Waals surface area contributed by atoms with Crippen LogP contribution in [0.15, 0.2) is 0 Å². The van der Waals surface area contributed by atoms with Crippen molar-refractivity contribution in [3.63, 3.8) is 0 Å². The molecule has 14 heavy (non-hydrogen) atoms. The van der Waals surface area contributed by atoms with Gasteiger partial charge in [-0.2, -0.15) is 0 Å². The van der Waals surface area contributed by atoms with Crippen molar-refractivity contribution in [2.75, 3.05) is 33.3 Å². The van der Waals surface area contributed by atoms with Gasteiger partial charge in [0.2, 0.25) is 0 Å². The van der Waals surface area contributed by atoms with Crippen molar-refractivity contribution < 1.29 is 5.11 Å². The van der Waals surface area contributed by atoms with Gasteiger partial charge >= 0.3 is 0 Å². The Balaban J connectivity index is 2.39. The second-order valence-corrected chi connectivity index (χ2v) is 4.66. The van der Waals surface area contributed by atoms with Gasteiger partial charge in [-0.05, 0) is 39.9 Å². The smallest absolute Gasteiger partial charge is 0.0623 e. The van der Waals surface area contributed by atoms with Gasteiger partial charge in [-0.3, -0.25) is 0 Å². The Morgan fingerprint density at radius 3 is 2.21 bits per heavy atom. The number of nitrogens with one attached hydrogen (secondary N) is 1. The van der Waals surface area contributed by atoms with Crippen LogP contribution in [0, 0.1) is 0 Å². The molecule has 84 valence electrons. The number of nitrogens with zero attached hydrogens (tertiary/aromatic N) is 1. The quantitative estimate of drug-likeness (QED) is 0.705. The van der Waals surface area contributed by atoms with Crippen molar-refractivity contribution in [1.29, 1.82) is 0 Å². The number of hydrogen-bond acceptors (Lipinski definition) is 3. The Morgan fingerprint density at radius 2 is 1.79 bits per heavy atom. The molecule has 0 bridgehead atoms. The fourth-order valence-corrected chi connectivity index (χ4v) is 2.00. The Kier molecular flexibility index (Phi) is 4.85. The first-order valence-electron chi connectivity index (χ1n) is 5.72. The van der Waals surface area contributed by atoms with Gasteiger partial charge in [0.15, 0.2) is 0 Å². The van der Waals surface area contributed by atoms with Gasteiger partial charge in [0.25, 0.3) is 0 Å². The molecule has 0 spiro atoms. The molecule has 1 aliphatic rings. The van der Waals surface area contributed by atoms with Gasteiger partial charge < -0.3 is 15.3 Å². The van der Waals surface area contributed by atoms with Crippen LogP contribution < -0.4 is 5.32 Å². The van der Waals surface area contributed by atoms with E-state index in [0.29, 0.717) is 0 Å². The fourth-order valence-electron chi connectivity index (χ4n) is 2.00. The number of rotatable bonds is 4. The topological polar surface area (TPSA) is 35.5 Å². The summed E-state index contributed by atoms with van der Waals surface area (Å²) in [5, 5.41) is 12.5. The second-order valence-electron chi connectivity index (χ2n) is 4.66. The minimum atomic E-state index is -0.135. The summed E-state index contributed by atoms with van der Waals surface area (Å²) in [5.41, 5.74) is -0.135. The third-order valence-electron chi connectivity index (χ3n) is 3.22. The Morgan fingerprint density at radius 1 is 1.21 bits per heavy atom. The van der Waals surface area contributed by atoms with E-state index in [9.17, 15) is 5.11 Å². The number of likely N-dealkylation sites (N-methyl/N-ethyl adjacent to an activating group) is 1. The lowest BCUT2D eigenvalue weighted by Gasteiger charge is -2.33. The molecule has 3 heteroatoms. The molecular weight excluding hydrogens is 176 g/mol. The third-order valence-corrected chi connectivity index (χ3v) is 3.22. The fraction of sp³-hybridized carbons (Fsp3) is 1.00. The number of aliphatic hydroxyl groups is 1. The molecule has 0 aromatic rings. The maximum atomic E-state index is 9.30. The molecular formula is C11H24N2O. The van der Waals surface area contributed by atoms with E-state index < -0.39 is 0 Å². The first kappa shape index (κ1) is 12.0. The van der Waals surface area contributed by atoms with Gasteiger partial charge in [-0.1, -0.05) is 12.8 Å². The first-order valence-corrected chi connectivity index (χ1v) is 5.72. The molecule has 1 aliphatic heterocycles. The second kappa shape index (κ2) is 5.69. The lowest BCUT2D eigenvalue weighted by molar-refractivity contribution is 0.128. The van der Waals surface area contributed by atoms with Crippen LogP contribution in [-0.4, -0.2) is 48.8 Å². The van der Waals surface area contributed by atoms with E-state index in [0.717, 1.165) is 6.54 Å². The SMILES string of the molecule is CNC(C)(CO)CN1CCCCCC1. The van der Waals surface area contributed by atoms with E-state index in [1.165, 1.54) is 38.8 Å². The average molecular weight is 200 g/mol. The van der Waals surface area contributed by atoms with E-state index in [1.807, 2.05) is 7.05 Å². The minimum absolute atomic E-state index is 0.135. The van der Waals surface area contributed by atoms with Crippen molar-refractivity contribution in [1.82, 2.24) is 10.2 Å². The van der Waals surface area contributed by atoms with E-state index in [-0.39, 0.29) is 12.1 Å². The maximum absolute atomic E-state index is 9.30. The molecule has 0 aliphatic carbocycles. The molecule has 1 unspecified atom stereocenters. The van der Waals surface area contributed by atoms with Crippen molar-refractivity contribution in [3.8, 4) is 0 Å². The number of hydrogen-bond donors (Lipinski definition) is 2. The lowest BCUT2D eigenvalue weighted by atomic mass is 10.0. The van der Waals surface area contributed by atoms with Gasteiger partial charge in [-0.25, -0.2) is 0 Å². The van der Waals surface area contributed by atoms with Crippen molar-refractivity contribution in [3.05, 3.63) is 0 Å². The van der Waals surface area contributed by atoms with E-state index >= 15 is 0 Å². The van der Waals surface area contributed by atoms with Gasteiger partial charge in [-0.15, -0.1) is 0 Å². The highest BCUT2D eigenvalue weighted by atomic mass is 16.3. The zero-order valence-corrected chi connectivity index (χ0v) is 9.55. The number of aliphatic hydroxyl groups excluding tert-OH is 1. The van der Waals surface area contributed by atoms with Crippen LogP contribution in [-0.2, 0) is 0 Å². The molecule has 1 atom stereocenters. The highest BCUT2D eigenvalue weighted by molar-refractivity contribution is 4.85. The highest BCUT2D eigenvalue weighted by Gasteiger charge is 2.24. The molecule has 2 N–H and O–H groups in total. The number of likely N-dealkylation sites (tertiary alicyclic amines) is 1. The molecule has 0 aromatic carbocycles. The highest BCUT2D eigenvalue weighted by Crippen LogP contribution is 2.13. The van der Waals surface area contributed by atoms with Gasteiger partial charge in [0, 0.05) is 6.54 Å². The summed E-state index contributed by atoms with van der Waals surface area (Å²) in [6, 6.07) is 0. The van der Waals surface area contributed by atoms with Crippen LogP contribution in [0.3, 0.4) is 0 Å². The minimum Gasteiger partial charge on any atom is -0.394 e. The summed E-state index contributed by atoms with van der Waals surface area (Å²) in [6.45, 7) is 5.63. The zero-order valence-electron chi connectivity index (χ0n) is 9.55. The Hall–Kier alpha value is -0.120. The maximum Gasteiger partial charge on any atom is 0.0623 e. The van der Waals surface area contributed by atoms with Crippen LogP contribution in [0.1, 0.15) is 32.6 Å². The molecule has 1 fully saturated rings. The van der Waals surface area contributed by atoms with E-state index in [4.69, 9.17) is 0 Å². The summed E-state index contributed by atoms with van der Waals surface area (Å²) in [6.07, 6.45) is 5.36. The predicted octanol–water partition coefficient (Wildman–Crippen LogP) is 0.833. The van der Waals surface area contributed by atoms with Crippen molar-refractivity contribution >= 4 is 0 Å². The molecule has 0 amide bonds. The monoisotopic (exact) mass is 200 g/mol. The Labute approximate surface area is 87.5 Å². The summed E-state index contributed by atoms with van der Waals surface area (Å²) >= 11 is 0. The van der Waals surface area contributed by atoms with E-state index in [1.54, 1.807) is 0 Å². The summed E-state index contributed by atoms with van der Waals surface area (Å²) in [4.78, 5) is 2.47. The molecule has 0 aromatic heterocycles. The average Bonchev–Trinajstić information content (AvgIpc) is 2.46. The summed E-state index contributed by atoms with van der Waals surface area (Å²) < 4.78 is 0. The van der Waals surface area contributed by atoms with Gasteiger partial charge in [0.05, 0.1) is 12.1 Å². The van der Waals surface area contributed by atoms with Crippen molar-refractivity contribution in [2.24, 2.45) is 0 Å². The van der Waals surface area contributed by atoms with Crippen LogP contribution in [0.4, 0.5) is 0 Å². The zero-order chi connectivity index (χ0) is 10.4. The van der Waals surface area contributed by atoms with Crippen LogP contribution in [0.25, 0.3) is 0 Å². The first-order chi connectivity index (χ1) is 6.70. The molecule has 1 rings (SSSR count).